The van der Waals surface area contributed by atoms with Crippen LogP contribution in [0.25, 0.3) is 0 Å². The molecule has 0 amide bonds. The summed E-state index contributed by atoms with van der Waals surface area (Å²) in [6.07, 6.45) is 7.14. The van der Waals surface area contributed by atoms with Crippen molar-refractivity contribution in [1.82, 2.24) is 4.90 Å². The minimum atomic E-state index is -2.99. The minimum Gasteiger partial charge on any atom is -0.489 e. The standard InChI is InChI=1S/C26H28Cl2F2N2O4S/c27-19-11-31-12-20(28)18(19)10-22(35-25(33)24-32(7-8-37-24)13-15-1-2-15)17-5-6-21(36-26(29)30)23(9-17)34-14-16-3-4-16/h5-6,9,11-12,15-16,22,24,26H,1-4,7-8,10,13-14H2/p+1/t22-,24-/m0/s1. The van der Waals surface area contributed by atoms with E-state index >= 15 is 0 Å². The number of aromatic nitrogens is 1. The highest BCUT2D eigenvalue weighted by Crippen LogP contribution is 2.39. The SMILES string of the molecule is O=C(O[C@@H](Cc1c(Cl)c[nH+]cc1Cl)c1ccc(OC(F)F)c(OCC2CC2)c1)[C@@H]1SCCN1CC1CC1. The Morgan fingerprint density at radius 1 is 1.11 bits per heavy atom. The number of H-pyrrole nitrogens is 1. The van der Waals surface area contributed by atoms with E-state index in [0.29, 0.717) is 39.6 Å². The molecule has 0 spiro atoms. The van der Waals surface area contributed by atoms with Gasteiger partial charge in [-0.1, -0.05) is 29.3 Å². The van der Waals surface area contributed by atoms with Crippen molar-refractivity contribution >= 4 is 40.9 Å². The third kappa shape index (κ3) is 7.19. The first-order chi connectivity index (χ1) is 17.9. The molecule has 5 rings (SSSR count). The number of esters is 1. The van der Waals surface area contributed by atoms with E-state index in [4.69, 9.17) is 32.7 Å². The third-order valence-corrected chi connectivity index (χ3v) is 8.65. The summed E-state index contributed by atoms with van der Waals surface area (Å²) >= 11 is 14.4. The number of alkyl halides is 2. The normalized spacial score (nSPS) is 20.7. The first-order valence-electron chi connectivity index (χ1n) is 12.5. The second-order valence-electron chi connectivity index (χ2n) is 9.76. The Morgan fingerprint density at radius 2 is 1.84 bits per heavy atom. The number of thioether (sulfide) groups is 1. The monoisotopic (exact) mass is 573 g/mol. The summed E-state index contributed by atoms with van der Waals surface area (Å²) < 4.78 is 42.7. The number of benzene rings is 1. The molecule has 2 saturated carbocycles. The second kappa shape index (κ2) is 11.9. The van der Waals surface area contributed by atoms with Crippen molar-refractivity contribution in [2.75, 3.05) is 25.4 Å². The molecular weight excluding hydrogens is 545 g/mol. The van der Waals surface area contributed by atoms with Crippen LogP contribution in [-0.2, 0) is 16.0 Å². The van der Waals surface area contributed by atoms with Crippen molar-refractivity contribution in [2.45, 2.75) is 50.2 Å². The molecule has 2 aliphatic carbocycles. The van der Waals surface area contributed by atoms with Gasteiger partial charge in [0.15, 0.2) is 29.3 Å². The topological polar surface area (TPSA) is 62.1 Å². The molecule has 1 aromatic heterocycles. The molecule has 3 fully saturated rings. The van der Waals surface area contributed by atoms with Crippen LogP contribution in [0, 0.1) is 11.8 Å². The maximum Gasteiger partial charge on any atom is 0.387 e. The first kappa shape index (κ1) is 26.8. The summed E-state index contributed by atoms with van der Waals surface area (Å²) in [5, 5.41) is 0.425. The van der Waals surface area contributed by atoms with Crippen LogP contribution >= 0.6 is 35.0 Å². The number of carbonyl (C=O) groups excluding carboxylic acids is 1. The van der Waals surface area contributed by atoms with Gasteiger partial charge in [-0.2, -0.15) is 8.78 Å². The lowest BCUT2D eigenvalue weighted by Crippen LogP contribution is -2.37. The van der Waals surface area contributed by atoms with Gasteiger partial charge >= 0.3 is 12.6 Å². The molecule has 11 heteroatoms. The van der Waals surface area contributed by atoms with Gasteiger partial charge in [-0.15, -0.1) is 11.8 Å². The van der Waals surface area contributed by atoms with E-state index in [1.165, 1.54) is 18.9 Å². The molecule has 1 N–H and O–H groups in total. The van der Waals surface area contributed by atoms with E-state index in [-0.39, 0.29) is 29.3 Å². The van der Waals surface area contributed by atoms with Crippen LogP contribution in [0.5, 0.6) is 11.5 Å². The van der Waals surface area contributed by atoms with Gasteiger partial charge in [0.25, 0.3) is 0 Å². The number of nitrogens with zero attached hydrogens (tertiary/aromatic N) is 1. The molecule has 2 heterocycles. The number of nitrogens with one attached hydrogen (secondary N) is 1. The molecule has 6 nitrogen and oxygen atoms in total. The van der Waals surface area contributed by atoms with Crippen LogP contribution in [0.4, 0.5) is 8.78 Å². The van der Waals surface area contributed by atoms with Gasteiger partial charge < -0.3 is 14.2 Å². The average molecular weight is 574 g/mol. The van der Waals surface area contributed by atoms with Crippen molar-refractivity contribution in [3.8, 4) is 11.5 Å². The first-order valence-corrected chi connectivity index (χ1v) is 14.3. The van der Waals surface area contributed by atoms with E-state index < -0.39 is 12.7 Å². The van der Waals surface area contributed by atoms with Crippen molar-refractivity contribution < 1.29 is 32.8 Å². The van der Waals surface area contributed by atoms with Gasteiger partial charge in [-0.25, -0.2) is 9.78 Å². The largest absolute Gasteiger partial charge is 0.489 e. The van der Waals surface area contributed by atoms with Crippen LogP contribution in [0.15, 0.2) is 30.6 Å². The second-order valence-corrected chi connectivity index (χ2v) is 11.8. The number of rotatable bonds is 12. The fourth-order valence-electron chi connectivity index (χ4n) is 4.35. The lowest BCUT2D eigenvalue weighted by atomic mass is 10.0. The van der Waals surface area contributed by atoms with Crippen LogP contribution < -0.4 is 14.5 Å². The summed E-state index contributed by atoms with van der Waals surface area (Å²) in [4.78, 5) is 18.5. The number of aromatic amines is 1. The summed E-state index contributed by atoms with van der Waals surface area (Å²) in [7, 11) is 0. The van der Waals surface area contributed by atoms with Crippen LogP contribution in [-0.4, -0.2) is 48.3 Å². The molecule has 0 bridgehead atoms. The molecule has 0 radical (unpaired) electrons. The Morgan fingerprint density at radius 3 is 2.51 bits per heavy atom. The Kier molecular flexibility index (Phi) is 8.63. The molecule has 2 atom stereocenters. The Bertz CT molecular complexity index is 1100. The van der Waals surface area contributed by atoms with Gasteiger partial charge in [0.05, 0.1) is 6.61 Å². The molecule has 37 heavy (non-hydrogen) atoms. The Hall–Kier alpha value is -1.81. The summed E-state index contributed by atoms with van der Waals surface area (Å²) in [5.74, 6) is 1.72. The van der Waals surface area contributed by atoms with E-state index in [1.807, 2.05) is 0 Å². The third-order valence-electron chi connectivity index (χ3n) is 6.75. The molecule has 2 aromatic rings. The van der Waals surface area contributed by atoms with Crippen molar-refractivity contribution in [3.63, 3.8) is 0 Å². The lowest BCUT2D eigenvalue weighted by molar-refractivity contribution is -0.377. The lowest BCUT2D eigenvalue weighted by Gasteiger charge is -2.26. The zero-order chi connectivity index (χ0) is 25.9. The van der Waals surface area contributed by atoms with Gasteiger partial charge in [0.1, 0.15) is 16.1 Å². The van der Waals surface area contributed by atoms with Crippen molar-refractivity contribution in [3.05, 3.63) is 51.8 Å². The van der Waals surface area contributed by atoms with Crippen LogP contribution in [0.2, 0.25) is 10.0 Å². The Balaban J connectivity index is 1.42. The highest BCUT2D eigenvalue weighted by molar-refractivity contribution is 8.00. The molecule has 3 aliphatic rings. The van der Waals surface area contributed by atoms with E-state index in [0.717, 1.165) is 31.7 Å². The predicted molar refractivity (Wildman–Crippen MR) is 137 cm³/mol. The number of hydrogen-bond donors (Lipinski definition) is 0. The Labute approximate surface area is 228 Å². The fraction of sp³-hybridized carbons (Fsp3) is 0.538. The molecule has 0 unspecified atom stereocenters. The summed E-state index contributed by atoms with van der Waals surface area (Å²) in [5.41, 5.74) is 1.19. The zero-order valence-corrected chi connectivity index (χ0v) is 22.5. The van der Waals surface area contributed by atoms with Gasteiger partial charge in [0, 0.05) is 30.8 Å². The smallest absolute Gasteiger partial charge is 0.387 e. The van der Waals surface area contributed by atoms with Crippen LogP contribution in [0.1, 0.15) is 42.9 Å². The minimum absolute atomic E-state index is 0.0585. The maximum absolute atomic E-state index is 13.4. The predicted octanol–water partition coefficient (Wildman–Crippen LogP) is 5.81. The summed E-state index contributed by atoms with van der Waals surface area (Å²) in [6, 6.07) is 4.65. The fourth-order valence-corrected chi connectivity index (χ4v) is 6.04. The van der Waals surface area contributed by atoms with Crippen LogP contribution in [0.3, 0.4) is 0 Å². The highest BCUT2D eigenvalue weighted by Gasteiger charge is 2.38. The van der Waals surface area contributed by atoms with E-state index in [9.17, 15) is 13.6 Å². The van der Waals surface area contributed by atoms with Crippen molar-refractivity contribution in [1.29, 1.82) is 0 Å². The number of ether oxygens (including phenoxy) is 3. The van der Waals surface area contributed by atoms with Gasteiger partial charge in [-0.3, -0.25) is 4.90 Å². The van der Waals surface area contributed by atoms with E-state index in [1.54, 1.807) is 36.3 Å². The number of hydrogen-bond acceptors (Lipinski definition) is 6. The zero-order valence-electron chi connectivity index (χ0n) is 20.1. The highest BCUT2D eigenvalue weighted by atomic mass is 35.5. The van der Waals surface area contributed by atoms with Crippen molar-refractivity contribution in [2.24, 2.45) is 11.8 Å². The number of pyridine rings is 1. The average Bonchev–Trinajstić information content (AvgIpc) is 3.79. The van der Waals surface area contributed by atoms with Gasteiger partial charge in [-0.05, 0) is 55.2 Å². The molecule has 1 aliphatic heterocycles. The quantitative estimate of drug-likeness (QED) is 0.299. The number of halogens is 4. The molecule has 1 saturated heterocycles. The maximum atomic E-state index is 13.4. The van der Waals surface area contributed by atoms with Gasteiger partial charge in [0.2, 0.25) is 0 Å². The van der Waals surface area contributed by atoms with E-state index in [2.05, 4.69) is 14.6 Å². The number of carbonyl (C=O) groups is 1. The summed E-state index contributed by atoms with van der Waals surface area (Å²) in [6.45, 7) is -0.842. The molecule has 200 valence electrons. The molecule has 1 aromatic carbocycles. The molecular formula is C26H29Cl2F2N2O4S+.